The monoisotopic (exact) mass is 360 g/mol. The molecule has 1 heterocycles. The number of hydrogen-bond donors (Lipinski definition) is 1. The second kappa shape index (κ2) is 3.54. The van der Waals surface area contributed by atoms with Gasteiger partial charge in [-0.05, 0) is 0 Å². The first-order chi connectivity index (χ1) is 6.72. The van der Waals surface area contributed by atoms with Crippen LogP contribution in [-0.2, 0) is 19.6 Å². The third kappa shape index (κ3) is 1.46. The zero-order valence-electron chi connectivity index (χ0n) is 7.06. The van der Waals surface area contributed by atoms with E-state index in [1.54, 1.807) is 12.1 Å². The van der Waals surface area contributed by atoms with E-state index < -0.39 is 0 Å². The Bertz CT molecular complexity index is 417. The fraction of sp³-hybridized carbons (Fsp3) is 0.111. The van der Waals surface area contributed by atoms with Gasteiger partial charge in [0.05, 0.1) is 0 Å². The quantitative estimate of drug-likeness (QED) is 0.650. The number of ether oxygens (including phenoxy) is 2. The van der Waals surface area contributed by atoms with Gasteiger partial charge in [0.1, 0.15) is 0 Å². The zero-order chi connectivity index (χ0) is 10.1. The maximum atomic E-state index is 9.21. The van der Waals surface area contributed by atoms with Crippen LogP contribution in [-0.4, -0.2) is 11.9 Å². The molecule has 0 fully saturated rings. The van der Waals surface area contributed by atoms with E-state index in [0.717, 1.165) is 19.6 Å². The molecule has 0 radical (unpaired) electrons. The van der Waals surface area contributed by atoms with Crippen molar-refractivity contribution >= 4 is 11.4 Å². The summed E-state index contributed by atoms with van der Waals surface area (Å²) in [7, 11) is 0. The fourth-order valence-corrected chi connectivity index (χ4v) is 1.75. The van der Waals surface area contributed by atoms with Crippen LogP contribution in [0.2, 0.25) is 0 Å². The van der Waals surface area contributed by atoms with Gasteiger partial charge in [-0.15, -0.1) is 0 Å². The molecule has 2 rings (SSSR count). The summed E-state index contributed by atoms with van der Waals surface area (Å²) < 4.78 is 14.4. The number of hydrogen-bond acceptors (Lipinski definition) is 4. The SMILES string of the molecule is [CH-]=C(O)c1cc2c(cc1[N]=[W])OCO2. The predicted octanol–water partition coefficient (Wildman–Crippen LogP) is 2.11. The van der Waals surface area contributed by atoms with Gasteiger partial charge in [-0.3, -0.25) is 0 Å². The molecule has 0 amide bonds. The molecule has 1 aromatic rings. The van der Waals surface area contributed by atoms with Crippen LogP contribution >= 0.6 is 0 Å². The molecule has 0 bridgehead atoms. The molecule has 1 aliphatic heterocycles. The van der Waals surface area contributed by atoms with E-state index in [9.17, 15) is 5.11 Å². The number of nitrogens with zero attached hydrogens (tertiary/aromatic N) is 1. The Kier molecular flexibility index (Phi) is 2.38. The second-order valence-corrected chi connectivity index (χ2v) is 3.36. The molecule has 0 unspecified atom stereocenters. The standard InChI is InChI=1S/C9H6NO3.W/c1-5(11)6-2-8-9(3-7(6)10)13-4-12-8;/h1-3,11H,4H2;/q-1;. The summed E-state index contributed by atoms with van der Waals surface area (Å²) in [6.07, 6.45) is 0. The Hall–Kier alpha value is -1.15. The van der Waals surface area contributed by atoms with Crippen molar-refractivity contribution in [3.8, 4) is 11.5 Å². The van der Waals surface area contributed by atoms with E-state index in [2.05, 4.69) is 3.50 Å². The van der Waals surface area contributed by atoms with Crippen LogP contribution in [0.15, 0.2) is 15.6 Å². The number of benzene rings is 1. The van der Waals surface area contributed by atoms with E-state index >= 15 is 0 Å². The second-order valence-electron chi connectivity index (χ2n) is 2.70. The summed E-state index contributed by atoms with van der Waals surface area (Å²) in [5, 5.41) is 9.21. The Morgan fingerprint density at radius 2 is 2.07 bits per heavy atom. The minimum absolute atomic E-state index is 0.195. The van der Waals surface area contributed by atoms with Crippen LogP contribution in [0.25, 0.3) is 5.76 Å². The van der Waals surface area contributed by atoms with E-state index in [0.29, 0.717) is 22.7 Å². The topological polar surface area (TPSA) is 51.1 Å². The molecule has 4 nitrogen and oxygen atoms in total. The maximum absolute atomic E-state index is 9.21. The van der Waals surface area contributed by atoms with E-state index in [1.807, 2.05) is 0 Å². The summed E-state index contributed by atoms with van der Waals surface area (Å²) in [5.41, 5.74) is 1.09. The molecule has 0 aliphatic carbocycles. The molecule has 0 atom stereocenters. The van der Waals surface area contributed by atoms with E-state index in [-0.39, 0.29) is 12.6 Å². The van der Waals surface area contributed by atoms with Crippen LogP contribution in [0.1, 0.15) is 5.56 Å². The van der Waals surface area contributed by atoms with Gasteiger partial charge in [0, 0.05) is 0 Å². The third-order valence-electron chi connectivity index (χ3n) is 1.87. The number of fused-ring (bicyclic) bond motifs is 1. The zero-order valence-corrected chi connectivity index (χ0v) is 9.99. The molecule has 1 aromatic carbocycles. The average Bonchev–Trinajstić information content (AvgIpc) is 2.62. The first-order valence-electron chi connectivity index (χ1n) is 3.81. The van der Waals surface area contributed by atoms with Crippen LogP contribution in [0, 0.1) is 6.58 Å². The summed E-state index contributed by atoms with van der Waals surface area (Å²) in [4.78, 5) is 0. The molecule has 5 heteroatoms. The average molecular weight is 360 g/mol. The van der Waals surface area contributed by atoms with Gasteiger partial charge < -0.3 is 0 Å². The van der Waals surface area contributed by atoms with Gasteiger partial charge in [0.2, 0.25) is 0 Å². The van der Waals surface area contributed by atoms with Gasteiger partial charge >= 0.3 is 91.7 Å². The van der Waals surface area contributed by atoms with Crippen LogP contribution in [0.3, 0.4) is 0 Å². The molecular weight excluding hydrogens is 354 g/mol. The van der Waals surface area contributed by atoms with Crippen molar-refractivity contribution in [2.24, 2.45) is 3.50 Å². The molecule has 0 spiro atoms. The van der Waals surface area contributed by atoms with Crippen LogP contribution in [0.4, 0.5) is 5.69 Å². The van der Waals surface area contributed by atoms with Gasteiger partial charge in [-0.25, -0.2) is 0 Å². The summed E-state index contributed by atoms with van der Waals surface area (Å²) in [5.74, 6) is 0.956. The van der Waals surface area contributed by atoms with Gasteiger partial charge in [0.15, 0.2) is 0 Å². The summed E-state index contributed by atoms with van der Waals surface area (Å²) >= 11 is 1.03. The van der Waals surface area contributed by atoms with E-state index in [1.165, 1.54) is 0 Å². The molecule has 0 saturated heterocycles. The molecule has 1 aliphatic rings. The van der Waals surface area contributed by atoms with Crippen molar-refractivity contribution < 1.29 is 34.2 Å². The van der Waals surface area contributed by atoms with Crippen molar-refractivity contribution in [2.45, 2.75) is 0 Å². The Morgan fingerprint density at radius 1 is 1.43 bits per heavy atom. The molecular formula is C9H6NO3W-. The fourth-order valence-electron chi connectivity index (χ4n) is 1.21. The summed E-state index contributed by atoms with van der Waals surface area (Å²) in [6, 6.07) is 3.33. The Balaban J connectivity index is 2.59. The first kappa shape index (κ1) is 9.41. The normalized spacial score (nSPS) is 12.6. The molecule has 1 N–H and O–H groups in total. The molecule has 72 valence electrons. The van der Waals surface area contributed by atoms with Gasteiger partial charge in [-0.1, -0.05) is 0 Å². The van der Waals surface area contributed by atoms with Crippen LogP contribution < -0.4 is 9.47 Å². The van der Waals surface area contributed by atoms with Gasteiger partial charge in [-0.2, -0.15) is 0 Å². The van der Waals surface area contributed by atoms with Crippen LogP contribution in [0.5, 0.6) is 11.5 Å². The Morgan fingerprint density at radius 3 is 2.64 bits per heavy atom. The summed E-state index contributed by atoms with van der Waals surface area (Å²) in [6.45, 7) is 5.50. The van der Waals surface area contributed by atoms with Gasteiger partial charge in [0.25, 0.3) is 0 Å². The van der Waals surface area contributed by atoms with Crippen molar-refractivity contribution in [2.75, 3.05) is 6.79 Å². The van der Waals surface area contributed by atoms with Crippen molar-refractivity contribution in [1.82, 2.24) is 0 Å². The molecule has 14 heavy (non-hydrogen) atoms. The van der Waals surface area contributed by atoms with E-state index in [4.69, 9.17) is 16.1 Å². The predicted molar refractivity (Wildman–Crippen MR) is 45.0 cm³/mol. The van der Waals surface area contributed by atoms with Crippen molar-refractivity contribution in [1.29, 1.82) is 0 Å². The number of rotatable bonds is 2. The minimum atomic E-state index is -0.261. The Labute approximate surface area is 91.9 Å². The molecule has 0 saturated carbocycles. The molecule has 0 aromatic heterocycles. The number of aliphatic hydroxyl groups excluding tert-OH is 1. The van der Waals surface area contributed by atoms with Crippen molar-refractivity contribution in [3.05, 3.63) is 24.3 Å². The number of aliphatic hydroxyl groups is 1. The van der Waals surface area contributed by atoms with Crippen molar-refractivity contribution in [3.63, 3.8) is 0 Å². The third-order valence-corrected chi connectivity index (χ3v) is 2.57. The first-order valence-corrected chi connectivity index (χ1v) is 5.12.